The van der Waals surface area contributed by atoms with E-state index in [1.165, 1.54) is 0 Å². The van der Waals surface area contributed by atoms with Gasteiger partial charge in [-0.15, -0.1) is 0 Å². The highest BCUT2D eigenvalue weighted by Gasteiger charge is 2.09. The second kappa shape index (κ2) is 18.0. The van der Waals surface area contributed by atoms with Crippen LogP contribution in [0.4, 0.5) is 0 Å². The van der Waals surface area contributed by atoms with Gasteiger partial charge in [0, 0.05) is 22.3 Å². The van der Waals surface area contributed by atoms with Crippen molar-refractivity contribution in [2.75, 3.05) is 0 Å². The van der Waals surface area contributed by atoms with Crippen LogP contribution in [-0.2, 0) is 0 Å². The topological polar surface area (TPSA) is 0 Å². The van der Waals surface area contributed by atoms with Gasteiger partial charge < -0.3 is 0 Å². The third kappa shape index (κ3) is 8.94. The molecule has 0 heteroatoms. The molecule has 0 heterocycles. The zero-order valence-electron chi connectivity index (χ0n) is 29.6. The maximum atomic E-state index is 3.39. The fraction of sp³-hybridized carbons (Fsp3) is 0. The molecule has 0 nitrogen and oxygen atoms in total. The first-order valence-electron chi connectivity index (χ1n) is 17.8. The average molecular weight is 683 g/mol. The molecule has 54 heavy (non-hydrogen) atoms. The predicted molar refractivity (Wildman–Crippen MR) is 223 cm³/mol. The third-order valence-electron chi connectivity index (χ3n) is 8.71. The van der Waals surface area contributed by atoms with E-state index in [0.29, 0.717) is 0 Å². The fourth-order valence-corrected chi connectivity index (χ4v) is 6.05. The first-order valence-corrected chi connectivity index (χ1v) is 17.8. The van der Waals surface area contributed by atoms with E-state index < -0.39 is 0 Å². The van der Waals surface area contributed by atoms with Crippen molar-refractivity contribution in [3.63, 3.8) is 0 Å². The van der Waals surface area contributed by atoms with Crippen molar-refractivity contribution in [1.29, 1.82) is 0 Å². The molecule has 0 spiro atoms. The largest absolute Gasteiger partial charge is 0.0622 e. The lowest BCUT2D eigenvalue weighted by atomic mass is 9.94. The number of hydrogen-bond donors (Lipinski definition) is 0. The van der Waals surface area contributed by atoms with Gasteiger partial charge in [0.05, 0.1) is 0 Å². The Kier molecular flexibility index (Phi) is 11.5. The van der Waals surface area contributed by atoms with Crippen LogP contribution in [0.3, 0.4) is 0 Å². The highest BCUT2D eigenvalue weighted by atomic mass is 14.1. The molecule has 0 aliphatic carbocycles. The van der Waals surface area contributed by atoms with Gasteiger partial charge in [0.2, 0.25) is 0 Å². The van der Waals surface area contributed by atoms with Gasteiger partial charge in [0.1, 0.15) is 0 Å². The van der Waals surface area contributed by atoms with Gasteiger partial charge in [0.15, 0.2) is 0 Å². The summed E-state index contributed by atoms with van der Waals surface area (Å²) in [5.74, 6) is 0. The van der Waals surface area contributed by atoms with Crippen molar-refractivity contribution < 1.29 is 0 Å². The Morgan fingerprint density at radius 1 is 0.185 bits per heavy atom. The van der Waals surface area contributed by atoms with Crippen LogP contribution in [0.1, 0.15) is 44.5 Å². The van der Waals surface area contributed by atoms with Crippen LogP contribution < -0.4 is 0 Å². The summed E-state index contributed by atoms with van der Waals surface area (Å²) in [6.07, 6.45) is 0. The number of hydrogen-bond acceptors (Lipinski definition) is 0. The number of benzene rings is 7. The maximum absolute atomic E-state index is 3.39. The molecule has 0 aliphatic rings. The molecule has 0 aliphatic heterocycles. The summed E-state index contributed by atoms with van der Waals surface area (Å²) in [5, 5.41) is 0. The molecule has 0 atom stereocenters. The molecule has 7 aromatic rings. The Hall–Kier alpha value is -7.74. The van der Waals surface area contributed by atoms with E-state index in [1.54, 1.807) is 0 Å². The Balaban J connectivity index is 1.36. The van der Waals surface area contributed by atoms with Gasteiger partial charge >= 0.3 is 0 Å². The first kappa shape index (κ1) is 34.7. The molecule has 0 N–H and O–H groups in total. The van der Waals surface area contributed by atoms with Crippen LogP contribution >= 0.6 is 0 Å². The summed E-state index contributed by atoms with van der Waals surface area (Å²) in [6, 6.07) is 69.9. The molecule has 0 unspecified atom stereocenters. The van der Waals surface area contributed by atoms with Gasteiger partial charge in [-0.05, 0) is 67.4 Å². The molecule has 0 aromatic heterocycles. The lowest BCUT2D eigenvalue weighted by Gasteiger charge is -2.09. The Labute approximate surface area is 317 Å². The summed E-state index contributed by atoms with van der Waals surface area (Å²) in [7, 11) is 0. The molecule has 0 amide bonds. The smallest absolute Gasteiger partial charge is 0.0400 e. The molecular formula is C54H34. The van der Waals surface area contributed by atoms with Crippen LogP contribution in [0, 0.1) is 0 Å². The molecule has 7 rings (SSSR count). The minimum absolute atomic E-state index is 0.903. The van der Waals surface area contributed by atoms with Crippen molar-refractivity contribution in [3.8, 4) is 0 Å². The van der Waals surface area contributed by atoms with Crippen molar-refractivity contribution in [2.24, 2.45) is 0 Å². The lowest BCUT2D eigenvalue weighted by molar-refractivity contribution is 1.51. The Morgan fingerprint density at radius 2 is 0.333 bits per heavy atom. The molecule has 0 saturated carbocycles. The molecule has 250 valence electrons. The first-order chi connectivity index (χ1) is 26.8. The van der Waals surface area contributed by atoms with Crippen molar-refractivity contribution >= 4 is 22.3 Å². The molecule has 0 fully saturated rings. The predicted octanol–water partition coefficient (Wildman–Crippen LogP) is 12.9. The van der Waals surface area contributed by atoms with Gasteiger partial charge in [-0.1, -0.05) is 229 Å². The van der Waals surface area contributed by atoms with E-state index >= 15 is 0 Å². The molecule has 0 bridgehead atoms. The van der Waals surface area contributed by atoms with E-state index in [4.69, 9.17) is 0 Å². The quantitative estimate of drug-likeness (QED) is 0.140. The summed E-state index contributed by atoms with van der Waals surface area (Å²) in [4.78, 5) is 0. The standard InChI is InChI=1S/C54H34/c1-7-23-43(24-8-1)51(44-25-9-2-10-26-44)35-19-21-37-53(47-31-15-5-16-32-47)49-39-41-50(42-40-49)54(48-33-17-6-18-34-48)38-22-20-36-52(45-27-11-3-12-28-45)46-29-13-4-14-30-46/h1-18,23-34,39-42H. The van der Waals surface area contributed by atoms with Gasteiger partial charge in [-0.2, -0.15) is 0 Å². The van der Waals surface area contributed by atoms with E-state index in [2.05, 4.69) is 143 Å². The zero-order chi connectivity index (χ0) is 36.6. The van der Waals surface area contributed by atoms with E-state index in [-0.39, 0.29) is 0 Å². The Morgan fingerprint density at radius 3 is 0.500 bits per heavy atom. The molecule has 7 aromatic carbocycles. The third-order valence-corrected chi connectivity index (χ3v) is 8.71. The monoisotopic (exact) mass is 682 g/mol. The molecule has 0 saturated heterocycles. The second-order valence-corrected chi connectivity index (χ2v) is 12.3. The summed E-state index contributed by atoms with van der Waals surface area (Å²) in [6.45, 7) is 0. The van der Waals surface area contributed by atoms with Crippen LogP contribution in [0.2, 0.25) is 0 Å². The average Bonchev–Trinajstić information content (AvgIpc) is 3.25. The van der Waals surface area contributed by atoms with Crippen LogP contribution in [0.25, 0.3) is 22.3 Å². The van der Waals surface area contributed by atoms with Crippen molar-refractivity contribution in [2.45, 2.75) is 0 Å². The van der Waals surface area contributed by atoms with Gasteiger partial charge in [-0.25, -0.2) is 0 Å². The van der Waals surface area contributed by atoms with E-state index in [0.717, 1.165) is 66.8 Å². The number of rotatable bonds is 8. The van der Waals surface area contributed by atoms with Crippen LogP contribution in [-0.4, -0.2) is 0 Å². The maximum Gasteiger partial charge on any atom is 0.0400 e. The van der Waals surface area contributed by atoms with Crippen LogP contribution in [0.5, 0.6) is 0 Å². The zero-order valence-corrected chi connectivity index (χ0v) is 29.6. The summed E-state index contributed by atoms with van der Waals surface area (Å²) >= 11 is 0. The Bertz CT molecular complexity index is 2430. The SMILES string of the molecule is C(=C=C=C(c1ccccc1)c1ccc(C(=C=C=C=C=C(c2ccccc2)c2ccccc2)c2ccccc2)cc1)=C=C(c1ccccc1)c1ccccc1. The normalized spacial score (nSPS) is 9.63. The highest BCUT2D eigenvalue weighted by molar-refractivity contribution is 5.84. The molecular weight excluding hydrogens is 649 g/mol. The van der Waals surface area contributed by atoms with Crippen LogP contribution in [0.15, 0.2) is 252 Å². The fourth-order valence-electron chi connectivity index (χ4n) is 6.05. The van der Waals surface area contributed by atoms with Gasteiger partial charge in [-0.3, -0.25) is 0 Å². The lowest BCUT2D eigenvalue weighted by Crippen LogP contribution is -1.90. The highest BCUT2D eigenvalue weighted by Crippen LogP contribution is 2.27. The minimum atomic E-state index is 0.903. The summed E-state index contributed by atoms with van der Waals surface area (Å²) in [5.41, 5.74) is 38.1. The van der Waals surface area contributed by atoms with Gasteiger partial charge in [0.25, 0.3) is 0 Å². The van der Waals surface area contributed by atoms with E-state index in [9.17, 15) is 0 Å². The minimum Gasteiger partial charge on any atom is -0.0622 e. The summed E-state index contributed by atoms with van der Waals surface area (Å²) < 4.78 is 0. The molecule has 0 radical (unpaired) electrons. The second-order valence-electron chi connectivity index (χ2n) is 12.3. The van der Waals surface area contributed by atoms with E-state index in [1.807, 2.05) is 109 Å². The van der Waals surface area contributed by atoms with Crippen molar-refractivity contribution in [1.82, 2.24) is 0 Å². The van der Waals surface area contributed by atoms with Crippen molar-refractivity contribution in [3.05, 3.63) is 297 Å².